The predicted molar refractivity (Wildman–Crippen MR) is 121 cm³/mol. The second kappa shape index (κ2) is 9.38. The first-order valence-corrected chi connectivity index (χ1v) is 10.3. The minimum Gasteiger partial charge on any atom is -0.493 e. The quantitative estimate of drug-likeness (QED) is 0.362. The molecule has 0 saturated heterocycles. The number of benzene rings is 1. The Kier molecular flexibility index (Phi) is 6.41. The van der Waals surface area contributed by atoms with Gasteiger partial charge < -0.3 is 29.2 Å². The first kappa shape index (κ1) is 21.2. The van der Waals surface area contributed by atoms with Crippen molar-refractivity contribution in [3.05, 3.63) is 42.7 Å². The van der Waals surface area contributed by atoms with Crippen molar-refractivity contribution in [2.24, 2.45) is 0 Å². The van der Waals surface area contributed by atoms with E-state index in [0.717, 1.165) is 33.2 Å². The number of hydrogen-bond donors (Lipinski definition) is 3. The van der Waals surface area contributed by atoms with Crippen molar-refractivity contribution in [2.45, 2.75) is 6.54 Å². The number of nitrogens with zero attached hydrogens (tertiary/aromatic N) is 3. The van der Waals surface area contributed by atoms with Crippen molar-refractivity contribution in [1.82, 2.24) is 19.4 Å². The molecule has 3 N–H and O–H groups in total. The van der Waals surface area contributed by atoms with Crippen LogP contribution in [0.1, 0.15) is 0 Å². The molecule has 0 unspecified atom stereocenters. The highest BCUT2D eigenvalue weighted by Gasteiger charge is 2.17. The molecule has 0 aliphatic rings. The van der Waals surface area contributed by atoms with Crippen LogP contribution in [0.25, 0.3) is 33.2 Å². The molecule has 0 aliphatic carbocycles. The highest BCUT2D eigenvalue weighted by Crippen LogP contribution is 2.38. The summed E-state index contributed by atoms with van der Waals surface area (Å²) in [6.45, 7) is 2.57. The van der Waals surface area contributed by atoms with Gasteiger partial charge >= 0.3 is 0 Å². The zero-order valence-corrected chi connectivity index (χ0v) is 17.8. The Morgan fingerprint density at radius 3 is 2.45 bits per heavy atom. The molecular formula is C23H28N4O4. The summed E-state index contributed by atoms with van der Waals surface area (Å²) in [7, 11) is 3.26. The molecule has 1 aromatic carbocycles. The van der Waals surface area contributed by atoms with Crippen LogP contribution in [0.2, 0.25) is 0 Å². The number of H-pyrrole nitrogens is 1. The van der Waals surface area contributed by atoms with E-state index in [2.05, 4.69) is 26.8 Å². The Labute approximate surface area is 180 Å². The summed E-state index contributed by atoms with van der Waals surface area (Å²) >= 11 is 0. The summed E-state index contributed by atoms with van der Waals surface area (Å²) in [4.78, 5) is 9.87. The number of ether oxygens (including phenoxy) is 2. The normalized spacial score (nSPS) is 11.6. The summed E-state index contributed by atoms with van der Waals surface area (Å²) in [5.74, 6) is 1.34. The third-order valence-corrected chi connectivity index (χ3v) is 5.56. The van der Waals surface area contributed by atoms with E-state index in [-0.39, 0.29) is 13.2 Å². The van der Waals surface area contributed by atoms with Gasteiger partial charge in [0.1, 0.15) is 5.65 Å². The van der Waals surface area contributed by atoms with E-state index in [1.54, 1.807) is 20.4 Å². The molecule has 3 aromatic heterocycles. The van der Waals surface area contributed by atoms with Crippen LogP contribution in [0.3, 0.4) is 0 Å². The molecule has 0 amide bonds. The van der Waals surface area contributed by atoms with E-state index < -0.39 is 0 Å². The Bertz CT molecular complexity index is 1130. The fourth-order valence-corrected chi connectivity index (χ4v) is 3.99. The van der Waals surface area contributed by atoms with Crippen molar-refractivity contribution in [1.29, 1.82) is 0 Å². The Morgan fingerprint density at radius 2 is 1.77 bits per heavy atom. The van der Waals surface area contributed by atoms with Gasteiger partial charge in [-0.25, -0.2) is 4.98 Å². The number of hydrogen-bond acceptors (Lipinski definition) is 6. The zero-order valence-electron chi connectivity index (χ0n) is 17.8. The molecule has 0 fully saturated rings. The van der Waals surface area contributed by atoms with Crippen molar-refractivity contribution in [3.8, 4) is 22.8 Å². The van der Waals surface area contributed by atoms with Crippen molar-refractivity contribution in [3.63, 3.8) is 0 Å². The second-order valence-electron chi connectivity index (χ2n) is 7.37. The molecule has 4 aromatic rings. The van der Waals surface area contributed by atoms with Crippen LogP contribution in [-0.2, 0) is 6.54 Å². The van der Waals surface area contributed by atoms with E-state index in [1.165, 1.54) is 0 Å². The Hall–Kier alpha value is -3.07. The van der Waals surface area contributed by atoms with E-state index in [1.807, 2.05) is 29.2 Å². The van der Waals surface area contributed by atoms with Crippen LogP contribution in [0.15, 0.2) is 42.7 Å². The van der Waals surface area contributed by atoms with E-state index in [9.17, 15) is 10.2 Å². The van der Waals surface area contributed by atoms with Gasteiger partial charge in [0, 0.05) is 66.7 Å². The molecule has 0 bridgehead atoms. The molecule has 3 heterocycles. The lowest BCUT2D eigenvalue weighted by Gasteiger charge is -2.20. The van der Waals surface area contributed by atoms with E-state index >= 15 is 0 Å². The summed E-state index contributed by atoms with van der Waals surface area (Å²) in [6.07, 6.45) is 3.89. The number of nitrogens with one attached hydrogen (secondary N) is 1. The number of aromatic nitrogens is 3. The number of aromatic amines is 1. The average Bonchev–Trinajstić information content (AvgIpc) is 3.37. The van der Waals surface area contributed by atoms with Gasteiger partial charge in [0.05, 0.1) is 33.0 Å². The van der Waals surface area contributed by atoms with Gasteiger partial charge in [0.2, 0.25) is 0 Å². The number of methoxy groups -OCH3 is 2. The van der Waals surface area contributed by atoms with Crippen LogP contribution in [-0.4, -0.2) is 76.7 Å². The second-order valence-corrected chi connectivity index (χ2v) is 7.37. The van der Waals surface area contributed by atoms with Gasteiger partial charge in [0.15, 0.2) is 11.5 Å². The topological polar surface area (TPSA) is 95.8 Å². The van der Waals surface area contributed by atoms with E-state index in [4.69, 9.17) is 9.47 Å². The van der Waals surface area contributed by atoms with Crippen molar-refractivity contribution < 1.29 is 19.7 Å². The monoisotopic (exact) mass is 424 g/mol. The first-order valence-electron chi connectivity index (χ1n) is 10.3. The highest BCUT2D eigenvalue weighted by atomic mass is 16.5. The summed E-state index contributed by atoms with van der Waals surface area (Å²) in [5.41, 5.74) is 3.89. The minimum absolute atomic E-state index is 0.0603. The van der Waals surface area contributed by atoms with Gasteiger partial charge in [0.25, 0.3) is 0 Å². The van der Waals surface area contributed by atoms with E-state index in [0.29, 0.717) is 37.7 Å². The fraction of sp³-hybridized carbons (Fsp3) is 0.348. The first-order chi connectivity index (χ1) is 15.2. The molecule has 0 saturated carbocycles. The molecule has 4 rings (SSSR count). The summed E-state index contributed by atoms with van der Waals surface area (Å²) in [5, 5.41) is 20.7. The summed E-state index contributed by atoms with van der Waals surface area (Å²) < 4.78 is 13.3. The van der Waals surface area contributed by atoms with Gasteiger partial charge in [-0.15, -0.1) is 0 Å². The van der Waals surface area contributed by atoms with Crippen LogP contribution in [0.5, 0.6) is 11.5 Å². The molecule has 0 atom stereocenters. The summed E-state index contributed by atoms with van der Waals surface area (Å²) in [6, 6.07) is 10.0. The van der Waals surface area contributed by atoms with Gasteiger partial charge in [-0.2, -0.15) is 0 Å². The molecule has 8 heteroatoms. The minimum atomic E-state index is 0.0603. The molecule has 31 heavy (non-hydrogen) atoms. The standard InChI is InChI=1S/C23H28N4O4/c1-30-21-13-17-18(19-12-16-4-3-5-24-23(16)25-19)15-27(20(17)14-22(21)31-2)7-6-26(8-10-28)9-11-29/h3-5,12-15,28-29H,6-11H2,1-2H3,(H,24,25). The maximum absolute atomic E-state index is 9.31. The molecule has 0 radical (unpaired) electrons. The average molecular weight is 425 g/mol. The largest absolute Gasteiger partial charge is 0.493 e. The smallest absolute Gasteiger partial charge is 0.162 e. The molecule has 164 valence electrons. The fourth-order valence-electron chi connectivity index (χ4n) is 3.99. The van der Waals surface area contributed by atoms with Crippen molar-refractivity contribution >= 4 is 21.9 Å². The Morgan fingerprint density at radius 1 is 1.03 bits per heavy atom. The Balaban J connectivity index is 1.79. The van der Waals surface area contributed by atoms with Gasteiger partial charge in [-0.3, -0.25) is 4.90 Å². The third kappa shape index (κ3) is 4.23. The molecule has 0 spiro atoms. The lowest BCUT2D eigenvalue weighted by molar-refractivity contribution is 0.158. The number of aliphatic hydroxyl groups excluding tert-OH is 2. The van der Waals surface area contributed by atoms with Crippen LogP contribution in [0, 0.1) is 0 Å². The van der Waals surface area contributed by atoms with Crippen LogP contribution in [0.4, 0.5) is 0 Å². The molecular weight excluding hydrogens is 396 g/mol. The van der Waals surface area contributed by atoms with Crippen LogP contribution >= 0.6 is 0 Å². The zero-order chi connectivity index (χ0) is 21.8. The molecule has 0 aliphatic heterocycles. The lowest BCUT2D eigenvalue weighted by atomic mass is 10.1. The van der Waals surface area contributed by atoms with Crippen LogP contribution < -0.4 is 9.47 Å². The SMILES string of the molecule is COc1cc2c(-c3cc4cccnc4[nH]3)cn(CCN(CCO)CCO)c2cc1OC. The number of pyridine rings is 1. The van der Waals surface area contributed by atoms with Gasteiger partial charge in [-0.1, -0.05) is 0 Å². The number of rotatable bonds is 10. The maximum Gasteiger partial charge on any atom is 0.162 e. The molecule has 8 nitrogen and oxygen atoms in total. The highest BCUT2D eigenvalue weighted by molar-refractivity contribution is 5.99. The predicted octanol–water partition coefficient (Wildman–Crippen LogP) is 2.49. The van der Waals surface area contributed by atoms with Gasteiger partial charge in [-0.05, 0) is 24.3 Å². The number of fused-ring (bicyclic) bond motifs is 2. The number of aliphatic hydroxyl groups is 2. The lowest BCUT2D eigenvalue weighted by Crippen LogP contribution is -2.32. The third-order valence-electron chi connectivity index (χ3n) is 5.56. The van der Waals surface area contributed by atoms with Crippen molar-refractivity contribution in [2.75, 3.05) is 47.1 Å². The maximum atomic E-state index is 9.31.